The summed E-state index contributed by atoms with van der Waals surface area (Å²) >= 11 is 0. The second-order valence-electron chi connectivity index (χ2n) is 4.09. The van der Waals surface area contributed by atoms with E-state index in [1.165, 1.54) is 5.57 Å². The first-order valence-corrected chi connectivity index (χ1v) is 5.48. The molecule has 4 nitrogen and oxygen atoms in total. The van der Waals surface area contributed by atoms with E-state index in [0.717, 1.165) is 24.2 Å². The fourth-order valence-corrected chi connectivity index (χ4v) is 1.67. The molecule has 0 radical (unpaired) electrons. The minimum Gasteiger partial charge on any atom is -0.478 e. The fraction of sp³-hybridized carbons (Fsp3) is 0.231. The lowest BCUT2D eigenvalue weighted by Crippen LogP contribution is -1.98. The molecule has 1 aromatic rings. The van der Waals surface area contributed by atoms with Crippen molar-refractivity contribution in [1.29, 1.82) is 0 Å². The van der Waals surface area contributed by atoms with Crippen molar-refractivity contribution in [2.75, 3.05) is 5.43 Å². The quantitative estimate of drug-likeness (QED) is 0.785. The molecule has 0 fully saturated rings. The predicted molar refractivity (Wildman–Crippen MR) is 67.5 cm³/mol. The minimum atomic E-state index is -0.919. The van der Waals surface area contributed by atoms with Gasteiger partial charge < -0.3 is 5.11 Å². The second-order valence-corrected chi connectivity index (χ2v) is 4.09. The van der Waals surface area contributed by atoms with Gasteiger partial charge in [-0.1, -0.05) is 5.57 Å². The van der Waals surface area contributed by atoms with E-state index < -0.39 is 5.97 Å². The molecule has 4 heteroatoms. The highest BCUT2D eigenvalue weighted by Gasteiger charge is 2.06. The van der Waals surface area contributed by atoms with Crippen molar-refractivity contribution in [3.05, 3.63) is 41.5 Å². The van der Waals surface area contributed by atoms with E-state index in [4.69, 9.17) is 5.11 Å². The first-order valence-electron chi connectivity index (χ1n) is 5.48. The summed E-state index contributed by atoms with van der Waals surface area (Å²) in [4.78, 5) is 10.7. The third kappa shape index (κ3) is 2.93. The van der Waals surface area contributed by atoms with Crippen LogP contribution in [-0.2, 0) is 0 Å². The highest BCUT2D eigenvalue weighted by Crippen LogP contribution is 2.16. The highest BCUT2D eigenvalue weighted by atomic mass is 16.4. The Morgan fingerprint density at radius 2 is 2.00 bits per heavy atom. The average molecular weight is 230 g/mol. The highest BCUT2D eigenvalue weighted by molar-refractivity contribution is 5.98. The number of rotatable bonds is 3. The molecule has 0 unspecified atom stereocenters. The molecule has 0 amide bonds. The minimum absolute atomic E-state index is 0.278. The first-order chi connectivity index (χ1) is 8.15. The number of hydrogen-bond donors (Lipinski definition) is 2. The summed E-state index contributed by atoms with van der Waals surface area (Å²) in [5.74, 6) is -0.919. The van der Waals surface area contributed by atoms with Crippen LogP contribution in [0.1, 0.15) is 30.1 Å². The zero-order chi connectivity index (χ0) is 12.3. The summed E-state index contributed by atoms with van der Waals surface area (Å²) in [5.41, 5.74) is 6.37. The van der Waals surface area contributed by atoms with Crippen LogP contribution in [0.5, 0.6) is 0 Å². The summed E-state index contributed by atoms with van der Waals surface area (Å²) in [7, 11) is 0. The molecule has 88 valence electrons. The van der Waals surface area contributed by atoms with Gasteiger partial charge in [0.1, 0.15) is 0 Å². The van der Waals surface area contributed by atoms with Crippen molar-refractivity contribution in [1.82, 2.24) is 0 Å². The van der Waals surface area contributed by atoms with E-state index in [-0.39, 0.29) is 5.56 Å². The molecule has 0 atom stereocenters. The lowest BCUT2D eigenvalue weighted by molar-refractivity contribution is 0.0697. The molecule has 0 bridgehead atoms. The predicted octanol–water partition coefficient (Wildman–Crippen LogP) is 2.89. The van der Waals surface area contributed by atoms with Gasteiger partial charge in [-0.05, 0) is 50.1 Å². The molecule has 1 aliphatic carbocycles. The smallest absolute Gasteiger partial charge is 0.335 e. The number of nitrogens with one attached hydrogen (secondary N) is 1. The normalized spacial score (nSPS) is 17.0. The standard InChI is InChI=1S/C13H14N2O2/c1-9-2-5-12(8-9)15-14-11-6-3-10(4-7-11)13(16)17/h3-4,6-8,14H,2,5H2,1H3,(H,16,17)/b15-12-. The Morgan fingerprint density at radius 3 is 2.53 bits per heavy atom. The van der Waals surface area contributed by atoms with E-state index in [1.807, 2.05) is 0 Å². The van der Waals surface area contributed by atoms with Crippen LogP contribution < -0.4 is 5.43 Å². The Balaban J connectivity index is 2.02. The molecule has 0 aromatic heterocycles. The SMILES string of the molecule is CC1=C/C(=N\Nc2ccc(C(=O)O)cc2)CC1. The average Bonchev–Trinajstić information content (AvgIpc) is 2.73. The Labute approximate surface area is 99.7 Å². The molecule has 0 spiro atoms. The van der Waals surface area contributed by atoms with Crippen LogP contribution >= 0.6 is 0 Å². The number of carbonyl (C=O) groups is 1. The number of hydrogen-bond acceptors (Lipinski definition) is 3. The van der Waals surface area contributed by atoms with Crippen molar-refractivity contribution < 1.29 is 9.90 Å². The Kier molecular flexibility index (Phi) is 3.23. The Bertz CT molecular complexity index is 487. The van der Waals surface area contributed by atoms with E-state index in [2.05, 4.69) is 23.5 Å². The van der Waals surface area contributed by atoms with Crippen LogP contribution in [-0.4, -0.2) is 16.8 Å². The lowest BCUT2D eigenvalue weighted by Gasteiger charge is -2.01. The number of carboxylic acid groups (broad SMARTS) is 1. The molecule has 2 rings (SSSR count). The Hall–Kier alpha value is -2.10. The molecular weight excluding hydrogens is 216 g/mol. The van der Waals surface area contributed by atoms with Crippen molar-refractivity contribution in [3.8, 4) is 0 Å². The van der Waals surface area contributed by atoms with Crippen LogP contribution in [0.25, 0.3) is 0 Å². The molecule has 17 heavy (non-hydrogen) atoms. The number of allylic oxidation sites excluding steroid dienone is 2. The van der Waals surface area contributed by atoms with Gasteiger partial charge >= 0.3 is 5.97 Å². The summed E-state index contributed by atoms with van der Waals surface area (Å²) < 4.78 is 0. The summed E-state index contributed by atoms with van der Waals surface area (Å²) in [6, 6.07) is 6.53. The number of nitrogens with zero attached hydrogens (tertiary/aromatic N) is 1. The van der Waals surface area contributed by atoms with Gasteiger partial charge in [0.05, 0.1) is 17.0 Å². The Morgan fingerprint density at radius 1 is 1.29 bits per heavy atom. The lowest BCUT2D eigenvalue weighted by atomic mass is 10.2. The van der Waals surface area contributed by atoms with Crippen molar-refractivity contribution in [2.45, 2.75) is 19.8 Å². The molecule has 2 N–H and O–H groups in total. The zero-order valence-corrected chi connectivity index (χ0v) is 9.60. The topological polar surface area (TPSA) is 61.7 Å². The number of carboxylic acids is 1. The van der Waals surface area contributed by atoms with E-state index in [0.29, 0.717) is 0 Å². The summed E-state index contributed by atoms with van der Waals surface area (Å²) in [5, 5.41) is 13.0. The number of aromatic carboxylic acids is 1. The van der Waals surface area contributed by atoms with E-state index >= 15 is 0 Å². The van der Waals surface area contributed by atoms with Gasteiger partial charge in [0.25, 0.3) is 0 Å². The third-order valence-electron chi connectivity index (χ3n) is 2.65. The van der Waals surface area contributed by atoms with Gasteiger partial charge in [0.2, 0.25) is 0 Å². The van der Waals surface area contributed by atoms with Gasteiger partial charge in [-0.15, -0.1) is 0 Å². The van der Waals surface area contributed by atoms with Gasteiger partial charge in [0.15, 0.2) is 0 Å². The molecule has 0 aliphatic heterocycles. The maximum atomic E-state index is 10.7. The number of anilines is 1. The molecule has 1 aromatic carbocycles. The van der Waals surface area contributed by atoms with E-state index in [1.54, 1.807) is 24.3 Å². The molecule has 0 saturated heterocycles. The molecule has 0 saturated carbocycles. The second kappa shape index (κ2) is 4.82. The van der Waals surface area contributed by atoms with Gasteiger partial charge in [0, 0.05) is 0 Å². The van der Waals surface area contributed by atoms with Crippen LogP contribution in [0, 0.1) is 0 Å². The third-order valence-corrected chi connectivity index (χ3v) is 2.65. The van der Waals surface area contributed by atoms with Gasteiger partial charge in [-0.25, -0.2) is 4.79 Å². The monoisotopic (exact) mass is 230 g/mol. The zero-order valence-electron chi connectivity index (χ0n) is 9.60. The number of hydrazone groups is 1. The molecule has 1 aliphatic rings. The van der Waals surface area contributed by atoms with Crippen LogP contribution in [0.15, 0.2) is 41.0 Å². The van der Waals surface area contributed by atoms with Gasteiger partial charge in [-0.2, -0.15) is 5.10 Å². The van der Waals surface area contributed by atoms with Crippen molar-refractivity contribution in [2.24, 2.45) is 5.10 Å². The largest absolute Gasteiger partial charge is 0.478 e. The maximum Gasteiger partial charge on any atom is 0.335 e. The molecule has 0 heterocycles. The fourth-order valence-electron chi connectivity index (χ4n) is 1.67. The van der Waals surface area contributed by atoms with Gasteiger partial charge in [-0.3, -0.25) is 5.43 Å². The van der Waals surface area contributed by atoms with E-state index in [9.17, 15) is 4.79 Å². The van der Waals surface area contributed by atoms with Crippen molar-refractivity contribution >= 4 is 17.4 Å². The summed E-state index contributed by atoms with van der Waals surface area (Å²) in [6.07, 6.45) is 4.10. The maximum absolute atomic E-state index is 10.7. The van der Waals surface area contributed by atoms with Crippen LogP contribution in [0.3, 0.4) is 0 Å². The number of benzene rings is 1. The van der Waals surface area contributed by atoms with Crippen molar-refractivity contribution in [3.63, 3.8) is 0 Å². The molecular formula is C13H14N2O2. The van der Waals surface area contributed by atoms with Crippen LogP contribution in [0.2, 0.25) is 0 Å². The van der Waals surface area contributed by atoms with Crippen LogP contribution in [0.4, 0.5) is 5.69 Å². The summed E-state index contributed by atoms with van der Waals surface area (Å²) in [6.45, 7) is 2.09. The first kappa shape index (κ1) is 11.4.